The van der Waals surface area contributed by atoms with Crippen LogP contribution in [0.4, 0.5) is 0 Å². The van der Waals surface area contributed by atoms with Crippen molar-refractivity contribution < 1.29 is 14.3 Å². The highest BCUT2D eigenvalue weighted by Crippen LogP contribution is 2.27. The van der Waals surface area contributed by atoms with Crippen molar-refractivity contribution >= 4 is 18.3 Å². The van der Waals surface area contributed by atoms with E-state index in [2.05, 4.69) is 20.9 Å². The van der Waals surface area contributed by atoms with Gasteiger partial charge in [-0.05, 0) is 50.6 Å². The monoisotopic (exact) mass is 395 g/mol. The fourth-order valence-electron chi connectivity index (χ4n) is 3.21. The molecule has 1 aliphatic rings. The number of carbonyl (C=O) groups is 1. The largest absolute Gasteiger partial charge is 0.493 e. The van der Waals surface area contributed by atoms with Crippen LogP contribution in [0.1, 0.15) is 40.6 Å². The molecule has 0 saturated carbocycles. The predicted octanol–water partition coefficient (Wildman–Crippen LogP) is 1.88. The van der Waals surface area contributed by atoms with E-state index in [-0.39, 0.29) is 18.3 Å². The Morgan fingerprint density at radius 2 is 1.96 bits per heavy atom. The molecule has 1 aromatic heterocycles. The molecule has 8 nitrogen and oxygen atoms in total. The summed E-state index contributed by atoms with van der Waals surface area (Å²) in [6.45, 7) is 4.20. The van der Waals surface area contributed by atoms with Crippen molar-refractivity contribution in [1.29, 1.82) is 0 Å². The second-order valence-electron chi connectivity index (χ2n) is 6.32. The van der Waals surface area contributed by atoms with Crippen LogP contribution in [0, 0.1) is 6.92 Å². The lowest BCUT2D eigenvalue weighted by atomic mass is 10.1. The molecule has 27 heavy (non-hydrogen) atoms. The Morgan fingerprint density at radius 3 is 2.63 bits per heavy atom. The molecule has 0 spiro atoms. The van der Waals surface area contributed by atoms with Gasteiger partial charge in [-0.3, -0.25) is 4.79 Å². The van der Waals surface area contributed by atoms with Crippen LogP contribution in [-0.2, 0) is 6.54 Å². The van der Waals surface area contributed by atoms with Gasteiger partial charge in [0.15, 0.2) is 17.2 Å². The molecule has 148 valence electrons. The van der Waals surface area contributed by atoms with Gasteiger partial charge in [0.05, 0.1) is 26.0 Å². The molecule has 0 unspecified atom stereocenters. The average molecular weight is 396 g/mol. The summed E-state index contributed by atoms with van der Waals surface area (Å²) < 4.78 is 12.4. The normalized spacial score (nSPS) is 14.3. The van der Waals surface area contributed by atoms with Gasteiger partial charge in [-0.15, -0.1) is 17.5 Å². The number of rotatable bonds is 6. The van der Waals surface area contributed by atoms with Gasteiger partial charge in [-0.25, -0.2) is 4.68 Å². The molecular weight excluding hydrogens is 370 g/mol. The van der Waals surface area contributed by atoms with E-state index in [4.69, 9.17) is 9.47 Å². The number of benzene rings is 1. The van der Waals surface area contributed by atoms with Crippen molar-refractivity contribution in [2.45, 2.75) is 32.4 Å². The lowest BCUT2D eigenvalue weighted by Crippen LogP contribution is -2.30. The SMILES string of the molecule is COc1ccc(CNC(=O)c2nnn(C3CCNCC3)c2C)cc1OC.Cl. The second kappa shape index (κ2) is 9.57. The molecule has 1 aliphatic heterocycles. The molecule has 0 radical (unpaired) electrons. The smallest absolute Gasteiger partial charge is 0.274 e. The Bertz CT molecular complexity index is 774. The Balaban J connectivity index is 0.00000261. The van der Waals surface area contributed by atoms with Crippen LogP contribution in [0.15, 0.2) is 18.2 Å². The molecule has 0 aliphatic carbocycles. The van der Waals surface area contributed by atoms with Crippen LogP contribution < -0.4 is 20.1 Å². The van der Waals surface area contributed by atoms with Gasteiger partial charge in [-0.1, -0.05) is 11.3 Å². The van der Waals surface area contributed by atoms with Crippen molar-refractivity contribution in [1.82, 2.24) is 25.6 Å². The zero-order valence-corrected chi connectivity index (χ0v) is 16.6. The average Bonchev–Trinajstić information content (AvgIpc) is 3.08. The molecule has 2 heterocycles. The lowest BCUT2D eigenvalue weighted by Gasteiger charge is -2.23. The summed E-state index contributed by atoms with van der Waals surface area (Å²) >= 11 is 0. The molecule has 9 heteroatoms. The van der Waals surface area contributed by atoms with Crippen molar-refractivity contribution in [3.63, 3.8) is 0 Å². The Kier molecular flexibility index (Phi) is 7.44. The minimum Gasteiger partial charge on any atom is -0.493 e. The van der Waals surface area contributed by atoms with Crippen LogP contribution in [0.2, 0.25) is 0 Å². The molecule has 0 bridgehead atoms. The molecule has 1 amide bonds. The van der Waals surface area contributed by atoms with Crippen LogP contribution in [-0.4, -0.2) is 48.2 Å². The van der Waals surface area contributed by atoms with Gasteiger partial charge >= 0.3 is 0 Å². The van der Waals surface area contributed by atoms with E-state index in [1.807, 2.05) is 29.8 Å². The number of nitrogens with zero attached hydrogens (tertiary/aromatic N) is 3. The van der Waals surface area contributed by atoms with Crippen molar-refractivity contribution in [3.8, 4) is 11.5 Å². The van der Waals surface area contributed by atoms with Gasteiger partial charge in [0.2, 0.25) is 0 Å². The van der Waals surface area contributed by atoms with Gasteiger partial charge < -0.3 is 20.1 Å². The zero-order chi connectivity index (χ0) is 18.5. The third-order valence-electron chi connectivity index (χ3n) is 4.70. The highest BCUT2D eigenvalue weighted by atomic mass is 35.5. The molecule has 1 aromatic carbocycles. The Hall–Kier alpha value is -2.32. The maximum absolute atomic E-state index is 12.5. The minimum absolute atomic E-state index is 0. The first-order chi connectivity index (χ1) is 12.6. The lowest BCUT2D eigenvalue weighted by molar-refractivity contribution is 0.0945. The number of ether oxygens (including phenoxy) is 2. The summed E-state index contributed by atoms with van der Waals surface area (Å²) in [4.78, 5) is 12.5. The predicted molar refractivity (Wildman–Crippen MR) is 104 cm³/mol. The highest BCUT2D eigenvalue weighted by Gasteiger charge is 2.22. The first-order valence-electron chi connectivity index (χ1n) is 8.75. The third kappa shape index (κ3) is 4.70. The van der Waals surface area contributed by atoms with Crippen molar-refractivity contribution in [2.75, 3.05) is 27.3 Å². The molecular formula is C18H26ClN5O3. The van der Waals surface area contributed by atoms with Crippen LogP contribution in [0.5, 0.6) is 11.5 Å². The number of hydrogen-bond donors (Lipinski definition) is 2. The Morgan fingerprint density at radius 1 is 1.26 bits per heavy atom. The number of amides is 1. The van der Waals surface area contributed by atoms with E-state index in [1.54, 1.807) is 14.2 Å². The van der Waals surface area contributed by atoms with E-state index in [0.717, 1.165) is 37.2 Å². The summed E-state index contributed by atoms with van der Waals surface area (Å²) in [6.07, 6.45) is 1.99. The van der Waals surface area contributed by atoms with Gasteiger partial charge in [0, 0.05) is 6.54 Å². The van der Waals surface area contributed by atoms with E-state index < -0.39 is 0 Å². The number of nitrogens with one attached hydrogen (secondary N) is 2. The van der Waals surface area contributed by atoms with E-state index in [9.17, 15) is 4.79 Å². The topological polar surface area (TPSA) is 90.3 Å². The summed E-state index contributed by atoms with van der Waals surface area (Å²) in [6, 6.07) is 5.85. The van der Waals surface area contributed by atoms with Crippen LogP contribution >= 0.6 is 12.4 Å². The molecule has 0 atom stereocenters. The molecule has 2 N–H and O–H groups in total. The summed E-state index contributed by atoms with van der Waals surface area (Å²) in [5, 5.41) is 14.5. The van der Waals surface area contributed by atoms with Crippen molar-refractivity contribution in [2.24, 2.45) is 0 Å². The van der Waals surface area contributed by atoms with Gasteiger partial charge in [0.1, 0.15) is 0 Å². The first kappa shape index (κ1) is 21.0. The quantitative estimate of drug-likeness (QED) is 0.776. The zero-order valence-electron chi connectivity index (χ0n) is 15.8. The number of hydrogen-bond acceptors (Lipinski definition) is 6. The number of piperidine rings is 1. The first-order valence-corrected chi connectivity index (χ1v) is 8.75. The standard InChI is InChI=1S/C18H25N5O3.ClH/c1-12-17(21-22-23(12)14-6-8-19-9-7-14)18(24)20-11-13-4-5-15(25-2)16(10-13)26-3;/h4-5,10,14,19H,6-9,11H2,1-3H3,(H,20,24);1H. The summed E-state index contributed by atoms with van der Waals surface area (Å²) in [5.41, 5.74) is 2.10. The van der Waals surface area contributed by atoms with E-state index >= 15 is 0 Å². The highest BCUT2D eigenvalue weighted by molar-refractivity contribution is 5.93. The maximum atomic E-state index is 12.5. The maximum Gasteiger partial charge on any atom is 0.274 e. The summed E-state index contributed by atoms with van der Waals surface area (Å²) in [7, 11) is 3.18. The minimum atomic E-state index is -0.225. The third-order valence-corrected chi connectivity index (χ3v) is 4.70. The summed E-state index contributed by atoms with van der Waals surface area (Å²) in [5.74, 6) is 1.06. The number of methoxy groups -OCH3 is 2. The van der Waals surface area contributed by atoms with Crippen molar-refractivity contribution in [3.05, 3.63) is 35.2 Å². The number of halogens is 1. The second-order valence-corrected chi connectivity index (χ2v) is 6.32. The van der Waals surface area contributed by atoms with Crippen LogP contribution in [0.25, 0.3) is 0 Å². The van der Waals surface area contributed by atoms with E-state index in [1.165, 1.54) is 0 Å². The fraction of sp³-hybridized carbons (Fsp3) is 0.500. The molecule has 3 rings (SSSR count). The number of carbonyl (C=O) groups excluding carboxylic acids is 1. The van der Waals surface area contributed by atoms with Crippen LogP contribution in [0.3, 0.4) is 0 Å². The molecule has 2 aromatic rings. The Labute approximate surface area is 165 Å². The van der Waals surface area contributed by atoms with E-state index in [0.29, 0.717) is 29.8 Å². The molecule has 1 saturated heterocycles. The van der Waals surface area contributed by atoms with Gasteiger partial charge in [0.25, 0.3) is 5.91 Å². The van der Waals surface area contributed by atoms with Gasteiger partial charge in [-0.2, -0.15) is 0 Å². The molecule has 1 fully saturated rings. The number of aromatic nitrogens is 3. The fourth-order valence-corrected chi connectivity index (χ4v) is 3.21.